The second kappa shape index (κ2) is 8.73. The maximum Gasteiger partial charge on any atom is 0.163 e. The monoisotopic (exact) mass is 390 g/mol. The first-order valence-corrected chi connectivity index (χ1v) is 10.2. The van der Waals surface area contributed by atoms with Crippen molar-refractivity contribution in [3.8, 4) is 11.8 Å². The first-order valence-electron chi connectivity index (χ1n) is 8.90. The van der Waals surface area contributed by atoms with Gasteiger partial charge < -0.3 is 10.1 Å². The Morgan fingerprint density at radius 3 is 2.21 bits per heavy atom. The molecule has 142 valence electrons. The Bertz CT molecular complexity index is 980. The van der Waals surface area contributed by atoms with Gasteiger partial charge in [-0.15, -0.1) is 0 Å². The van der Waals surface area contributed by atoms with Gasteiger partial charge in [0.1, 0.15) is 5.75 Å². The molecule has 0 aliphatic rings. The van der Waals surface area contributed by atoms with Crippen molar-refractivity contribution in [1.82, 2.24) is 0 Å². The van der Waals surface area contributed by atoms with Crippen LogP contribution in [0.5, 0.6) is 5.75 Å². The van der Waals surface area contributed by atoms with Crippen LogP contribution in [0.2, 0.25) is 0 Å². The zero-order chi connectivity index (χ0) is 20.0. The minimum Gasteiger partial charge on any atom is -0.497 e. The van der Waals surface area contributed by atoms with E-state index >= 15 is 0 Å². The van der Waals surface area contributed by atoms with Crippen molar-refractivity contribution in [3.05, 3.63) is 90.0 Å². The van der Waals surface area contributed by atoms with Crippen molar-refractivity contribution in [1.29, 1.82) is 5.26 Å². The third-order valence-corrected chi connectivity index (χ3v) is 6.03. The van der Waals surface area contributed by atoms with Crippen LogP contribution in [0.25, 0.3) is 0 Å². The molecule has 0 bridgehead atoms. The summed E-state index contributed by atoms with van der Waals surface area (Å²) in [6.45, 7) is 1.99. The maximum atomic E-state index is 13.1. The molecule has 5 heteroatoms. The van der Waals surface area contributed by atoms with Crippen molar-refractivity contribution in [2.24, 2.45) is 0 Å². The zero-order valence-corrected chi connectivity index (χ0v) is 16.7. The molecule has 0 fully saturated rings. The van der Waals surface area contributed by atoms with Crippen LogP contribution < -0.4 is 10.1 Å². The van der Waals surface area contributed by atoms with Gasteiger partial charge in [0.2, 0.25) is 0 Å². The van der Waals surface area contributed by atoms with E-state index in [2.05, 4.69) is 11.4 Å². The van der Waals surface area contributed by atoms with E-state index in [-0.39, 0.29) is 5.75 Å². The molecule has 4 nitrogen and oxygen atoms in total. The lowest BCUT2D eigenvalue weighted by Gasteiger charge is -2.29. The van der Waals surface area contributed by atoms with Gasteiger partial charge in [-0.2, -0.15) is 5.26 Å². The second-order valence-corrected chi connectivity index (χ2v) is 7.99. The highest BCUT2D eigenvalue weighted by molar-refractivity contribution is 7.85. The van der Waals surface area contributed by atoms with E-state index in [1.54, 1.807) is 7.11 Å². The van der Waals surface area contributed by atoms with E-state index in [0.29, 0.717) is 4.90 Å². The number of nitrogens with one attached hydrogen (secondary N) is 1. The van der Waals surface area contributed by atoms with E-state index in [9.17, 15) is 9.47 Å². The number of anilines is 1. The number of nitriles is 1. The highest BCUT2D eigenvalue weighted by atomic mass is 32.2. The van der Waals surface area contributed by atoms with Crippen LogP contribution in [0.3, 0.4) is 0 Å². The molecule has 0 aromatic heterocycles. The summed E-state index contributed by atoms with van der Waals surface area (Å²) < 4.78 is 18.3. The summed E-state index contributed by atoms with van der Waals surface area (Å²) in [5.74, 6) is 0.860. The van der Waals surface area contributed by atoms with Crippen LogP contribution in [0.15, 0.2) is 83.8 Å². The molecule has 3 rings (SSSR count). The van der Waals surface area contributed by atoms with E-state index in [1.807, 2.05) is 85.8 Å². The molecule has 0 unspecified atom stereocenters. The number of nitrogens with zero attached hydrogens (tertiary/aromatic N) is 1. The first-order chi connectivity index (χ1) is 13.6. The Balaban J connectivity index is 1.97. The van der Waals surface area contributed by atoms with Gasteiger partial charge >= 0.3 is 0 Å². The van der Waals surface area contributed by atoms with Crippen LogP contribution in [-0.2, 0) is 16.3 Å². The third kappa shape index (κ3) is 4.41. The van der Waals surface area contributed by atoms with Gasteiger partial charge in [-0.05, 0) is 48.9 Å². The summed E-state index contributed by atoms with van der Waals surface area (Å²) in [5.41, 5.74) is 1.50. The van der Waals surface area contributed by atoms with Crippen LogP contribution in [0.4, 0.5) is 5.69 Å². The molecule has 0 radical (unpaired) electrons. The Labute approximate surface area is 168 Å². The quantitative estimate of drug-likeness (QED) is 0.638. The summed E-state index contributed by atoms with van der Waals surface area (Å²) in [5, 5.41) is 13.5. The molecule has 3 aromatic carbocycles. The van der Waals surface area contributed by atoms with Gasteiger partial charge in [-0.3, -0.25) is 4.21 Å². The Hall–Kier alpha value is -3.10. The standard InChI is InChI=1S/C23H22N2O2S/c1-18-8-14-22(15-9-18)28(26)17-23(16-24,19-6-4-3-5-7-19)25-20-10-12-21(27-2)13-11-20/h3-15,25H,17H2,1-2H3/t23-,28-/m1/s1. The molecule has 0 saturated heterocycles. The number of methoxy groups -OCH3 is 1. The normalized spacial score (nSPS) is 13.8. The van der Waals surface area contributed by atoms with Gasteiger partial charge in [0.05, 0.1) is 29.7 Å². The van der Waals surface area contributed by atoms with Crippen LogP contribution in [0.1, 0.15) is 11.1 Å². The van der Waals surface area contributed by atoms with Crippen molar-refractivity contribution >= 4 is 16.5 Å². The zero-order valence-electron chi connectivity index (χ0n) is 15.9. The predicted molar refractivity (Wildman–Crippen MR) is 113 cm³/mol. The van der Waals surface area contributed by atoms with Crippen LogP contribution in [0, 0.1) is 18.3 Å². The fourth-order valence-electron chi connectivity index (χ4n) is 2.93. The van der Waals surface area contributed by atoms with Crippen LogP contribution >= 0.6 is 0 Å². The van der Waals surface area contributed by atoms with Gasteiger partial charge in [-0.1, -0.05) is 48.0 Å². The minimum atomic E-state index is -1.35. The number of aryl methyl sites for hydroxylation is 1. The van der Waals surface area contributed by atoms with E-state index in [4.69, 9.17) is 4.74 Å². The largest absolute Gasteiger partial charge is 0.497 e. The Kier molecular flexibility index (Phi) is 6.13. The fraction of sp³-hybridized carbons (Fsp3) is 0.174. The van der Waals surface area contributed by atoms with Gasteiger partial charge in [0.15, 0.2) is 5.54 Å². The maximum absolute atomic E-state index is 13.1. The number of ether oxygens (including phenoxy) is 1. The molecule has 28 heavy (non-hydrogen) atoms. The van der Waals surface area contributed by atoms with E-state index in [0.717, 1.165) is 22.6 Å². The van der Waals surface area contributed by atoms with Crippen molar-refractivity contribution in [3.63, 3.8) is 0 Å². The smallest absolute Gasteiger partial charge is 0.163 e. The summed E-state index contributed by atoms with van der Waals surface area (Å²) in [6, 6.07) is 26.7. The third-order valence-electron chi connectivity index (χ3n) is 4.54. The number of benzene rings is 3. The average molecular weight is 391 g/mol. The summed E-state index contributed by atoms with van der Waals surface area (Å²) in [4.78, 5) is 0.706. The van der Waals surface area contributed by atoms with Crippen LogP contribution in [-0.4, -0.2) is 17.1 Å². The van der Waals surface area contributed by atoms with E-state index < -0.39 is 16.3 Å². The minimum absolute atomic E-state index is 0.128. The molecule has 2 atom stereocenters. The average Bonchev–Trinajstić information content (AvgIpc) is 2.74. The second-order valence-electron chi connectivity index (χ2n) is 6.54. The Morgan fingerprint density at radius 2 is 1.64 bits per heavy atom. The summed E-state index contributed by atoms with van der Waals surface area (Å²) in [7, 11) is 0.257. The molecule has 1 N–H and O–H groups in total. The lowest BCUT2D eigenvalue weighted by Crippen LogP contribution is -2.39. The van der Waals surface area contributed by atoms with Gasteiger partial charge in [-0.25, -0.2) is 0 Å². The SMILES string of the molecule is COc1ccc(N[C@](C#N)(C[S@@](=O)c2ccc(C)cc2)c2ccccc2)cc1. The summed E-state index contributed by atoms with van der Waals surface area (Å²) >= 11 is 0. The topological polar surface area (TPSA) is 62.1 Å². The molecule has 0 amide bonds. The fourth-order valence-corrected chi connectivity index (χ4v) is 4.23. The molecule has 0 heterocycles. The van der Waals surface area contributed by atoms with Gasteiger partial charge in [0, 0.05) is 10.6 Å². The highest BCUT2D eigenvalue weighted by Crippen LogP contribution is 2.29. The van der Waals surface area contributed by atoms with Gasteiger partial charge in [0.25, 0.3) is 0 Å². The first kappa shape index (κ1) is 19.7. The van der Waals surface area contributed by atoms with Crippen molar-refractivity contribution < 1.29 is 8.95 Å². The van der Waals surface area contributed by atoms with Crippen molar-refractivity contribution in [2.75, 3.05) is 18.2 Å². The molecular weight excluding hydrogens is 368 g/mol. The number of rotatable bonds is 7. The highest BCUT2D eigenvalue weighted by Gasteiger charge is 2.35. The molecular formula is C23H22N2O2S. The molecule has 0 aliphatic carbocycles. The predicted octanol–water partition coefficient (Wildman–Crippen LogP) is 4.64. The lowest BCUT2D eigenvalue weighted by atomic mass is 9.93. The number of hydrogen-bond acceptors (Lipinski definition) is 4. The lowest BCUT2D eigenvalue weighted by molar-refractivity contribution is 0.415. The molecule has 0 spiro atoms. The Morgan fingerprint density at radius 1 is 1.00 bits per heavy atom. The molecule has 0 saturated carbocycles. The summed E-state index contributed by atoms with van der Waals surface area (Å²) in [6.07, 6.45) is 0. The molecule has 3 aromatic rings. The number of hydrogen-bond donors (Lipinski definition) is 1. The van der Waals surface area contributed by atoms with Crippen molar-refractivity contribution in [2.45, 2.75) is 17.4 Å². The molecule has 0 aliphatic heterocycles. The van der Waals surface area contributed by atoms with E-state index in [1.165, 1.54) is 0 Å².